The lowest BCUT2D eigenvalue weighted by atomic mass is 9.97. The third kappa shape index (κ3) is 4.57. The van der Waals surface area contributed by atoms with E-state index in [2.05, 4.69) is 20.2 Å². The van der Waals surface area contributed by atoms with Gasteiger partial charge < -0.3 is 14.6 Å². The summed E-state index contributed by atoms with van der Waals surface area (Å²) in [6.07, 6.45) is 4.16. The third-order valence-electron chi connectivity index (χ3n) is 5.15. The molecule has 3 heterocycles. The molecular formula is C20H21ClN4O4S. The molecule has 1 amide bonds. The largest absolute Gasteiger partial charge is 0.423 e. The van der Waals surface area contributed by atoms with Crippen molar-refractivity contribution in [2.45, 2.75) is 17.9 Å². The highest BCUT2D eigenvalue weighted by molar-refractivity contribution is 7.90. The van der Waals surface area contributed by atoms with Crippen molar-refractivity contribution in [1.82, 2.24) is 15.3 Å². The summed E-state index contributed by atoms with van der Waals surface area (Å²) in [5.41, 5.74) is 1.72. The molecule has 0 saturated carbocycles. The molecule has 4 rings (SSSR count). The second-order valence-electron chi connectivity index (χ2n) is 7.40. The van der Waals surface area contributed by atoms with Crippen LogP contribution in [0.25, 0.3) is 11.1 Å². The lowest BCUT2D eigenvalue weighted by molar-refractivity contribution is 0.0944. The quantitative estimate of drug-likeness (QED) is 0.639. The van der Waals surface area contributed by atoms with Gasteiger partial charge in [-0.3, -0.25) is 4.79 Å². The molecule has 3 aromatic rings. The van der Waals surface area contributed by atoms with E-state index in [1.54, 1.807) is 12.1 Å². The number of oxazole rings is 1. The normalized spacial score (nSPS) is 15.5. The van der Waals surface area contributed by atoms with Gasteiger partial charge in [-0.2, -0.15) is 4.98 Å². The molecule has 1 saturated heterocycles. The minimum absolute atomic E-state index is 0.108. The van der Waals surface area contributed by atoms with Gasteiger partial charge in [0.05, 0.1) is 0 Å². The number of rotatable bonds is 5. The number of halogens is 1. The monoisotopic (exact) mass is 448 g/mol. The fraction of sp³-hybridized carbons (Fsp3) is 0.350. The Kier molecular flexibility index (Phi) is 5.66. The standard InChI is InChI=1S/C20H21ClN4O4S/c1-30(27,28)18-10-14(4-7-22-18)19(26)23-12-13-5-8-25(9-6-13)20-24-16-11-15(21)2-3-17(16)29-20/h2-4,7,10-11,13H,5-6,8-9,12H2,1H3,(H,23,26). The fourth-order valence-corrected chi connectivity index (χ4v) is 4.20. The number of carbonyl (C=O) groups excluding carboxylic acids is 1. The number of hydrogen-bond donors (Lipinski definition) is 1. The molecule has 1 aliphatic rings. The van der Waals surface area contributed by atoms with Gasteiger partial charge in [-0.25, -0.2) is 13.4 Å². The number of piperidine rings is 1. The van der Waals surface area contributed by atoms with Crippen molar-refractivity contribution in [3.63, 3.8) is 0 Å². The van der Waals surface area contributed by atoms with Crippen molar-refractivity contribution >= 4 is 44.5 Å². The van der Waals surface area contributed by atoms with Gasteiger partial charge in [0.2, 0.25) is 0 Å². The molecule has 1 aromatic carbocycles. The Morgan fingerprint density at radius 3 is 2.77 bits per heavy atom. The minimum atomic E-state index is -3.46. The van der Waals surface area contributed by atoms with Crippen LogP contribution in [0.3, 0.4) is 0 Å². The van der Waals surface area contributed by atoms with E-state index in [0.29, 0.717) is 29.1 Å². The van der Waals surface area contributed by atoms with Crippen LogP contribution >= 0.6 is 11.6 Å². The number of hydrogen-bond acceptors (Lipinski definition) is 7. The predicted molar refractivity (Wildman–Crippen MR) is 114 cm³/mol. The SMILES string of the molecule is CS(=O)(=O)c1cc(C(=O)NCC2CCN(c3nc4cc(Cl)ccc4o3)CC2)ccn1. The fourth-order valence-electron chi connectivity index (χ4n) is 3.44. The number of anilines is 1. The first-order valence-corrected chi connectivity index (χ1v) is 11.8. The van der Waals surface area contributed by atoms with E-state index in [-0.39, 0.29) is 16.5 Å². The van der Waals surface area contributed by atoms with E-state index in [4.69, 9.17) is 16.0 Å². The zero-order valence-corrected chi connectivity index (χ0v) is 17.9. The molecule has 158 valence electrons. The molecule has 0 atom stereocenters. The molecule has 30 heavy (non-hydrogen) atoms. The predicted octanol–water partition coefficient (Wildman–Crippen LogP) is 2.93. The van der Waals surface area contributed by atoms with Crippen LogP contribution in [0.2, 0.25) is 5.02 Å². The third-order valence-corrected chi connectivity index (χ3v) is 6.37. The summed E-state index contributed by atoms with van der Waals surface area (Å²) in [5, 5.41) is 3.41. The number of pyridine rings is 1. The maximum atomic E-state index is 12.4. The van der Waals surface area contributed by atoms with Gasteiger partial charge >= 0.3 is 0 Å². The first kappa shape index (κ1) is 20.6. The lowest BCUT2D eigenvalue weighted by Gasteiger charge is -2.30. The van der Waals surface area contributed by atoms with Crippen LogP contribution in [0.5, 0.6) is 0 Å². The van der Waals surface area contributed by atoms with E-state index in [1.807, 2.05) is 6.07 Å². The van der Waals surface area contributed by atoms with E-state index < -0.39 is 9.84 Å². The molecule has 0 unspecified atom stereocenters. The van der Waals surface area contributed by atoms with Gasteiger partial charge in [0.25, 0.3) is 11.9 Å². The number of sulfone groups is 1. The van der Waals surface area contributed by atoms with Gasteiger partial charge in [0.1, 0.15) is 5.52 Å². The Morgan fingerprint density at radius 2 is 2.03 bits per heavy atom. The summed E-state index contributed by atoms with van der Waals surface area (Å²) < 4.78 is 29.1. The Bertz CT molecular complexity index is 1190. The summed E-state index contributed by atoms with van der Waals surface area (Å²) in [7, 11) is -3.46. The second kappa shape index (κ2) is 8.23. The number of aromatic nitrogens is 2. The topological polar surface area (TPSA) is 105 Å². The van der Waals surface area contributed by atoms with E-state index in [1.165, 1.54) is 18.3 Å². The Hall–Kier alpha value is -2.65. The van der Waals surface area contributed by atoms with Crippen LogP contribution in [0.1, 0.15) is 23.2 Å². The summed E-state index contributed by atoms with van der Waals surface area (Å²) in [5.74, 6) is 0.0146. The number of carbonyl (C=O) groups is 1. The summed E-state index contributed by atoms with van der Waals surface area (Å²) >= 11 is 6.01. The average Bonchev–Trinajstić information content (AvgIpc) is 3.15. The molecule has 1 N–H and O–H groups in total. The maximum Gasteiger partial charge on any atom is 0.298 e. The van der Waals surface area contributed by atoms with Gasteiger partial charge in [0, 0.05) is 42.7 Å². The molecule has 0 radical (unpaired) electrons. The van der Waals surface area contributed by atoms with Crippen molar-refractivity contribution in [2.24, 2.45) is 5.92 Å². The number of amides is 1. The molecule has 0 aliphatic carbocycles. The Balaban J connectivity index is 1.32. The van der Waals surface area contributed by atoms with Crippen LogP contribution in [0, 0.1) is 5.92 Å². The Labute approximate surface area is 179 Å². The van der Waals surface area contributed by atoms with Gasteiger partial charge in [-0.15, -0.1) is 0 Å². The molecule has 1 aliphatic heterocycles. The van der Waals surface area contributed by atoms with E-state index in [0.717, 1.165) is 37.7 Å². The van der Waals surface area contributed by atoms with Crippen molar-refractivity contribution in [1.29, 1.82) is 0 Å². The zero-order chi connectivity index (χ0) is 21.3. The first-order chi connectivity index (χ1) is 14.3. The Morgan fingerprint density at radius 1 is 1.27 bits per heavy atom. The first-order valence-electron chi connectivity index (χ1n) is 9.55. The molecule has 0 spiro atoms. The van der Waals surface area contributed by atoms with Crippen LogP contribution in [0.15, 0.2) is 46.0 Å². The van der Waals surface area contributed by atoms with Crippen molar-refractivity contribution in [3.8, 4) is 0 Å². The van der Waals surface area contributed by atoms with Crippen LogP contribution in [0.4, 0.5) is 6.01 Å². The molecule has 10 heteroatoms. The van der Waals surface area contributed by atoms with E-state index in [9.17, 15) is 13.2 Å². The van der Waals surface area contributed by atoms with Crippen LogP contribution in [-0.2, 0) is 9.84 Å². The average molecular weight is 449 g/mol. The molecule has 1 fully saturated rings. The molecule has 0 bridgehead atoms. The van der Waals surface area contributed by atoms with Gasteiger partial charge in [0.15, 0.2) is 20.4 Å². The van der Waals surface area contributed by atoms with Crippen LogP contribution in [-0.4, -0.2) is 50.2 Å². The smallest absolute Gasteiger partial charge is 0.298 e. The highest BCUT2D eigenvalue weighted by Crippen LogP contribution is 2.27. The second-order valence-corrected chi connectivity index (χ2v) is 9.80. The highest BCUT2D eigenvalue weighted by atomic mass is 35.5. The van der Waals surface area contributed by atoms with Crippen LogP contribution < -0.4 is 10.2 Å². The number of fused-ring (bicyclic) bond motifs is 1. The molecule has 2 aromatic heterocycles. The highest BCUT2D eigenvalue weighted by Gasteiger charge is 2.23. The molecule has 8 nitrogen and oxygen atoms in total. The molecular weight excluding hydrogens is 428 g/mol. The number of nitrogens with one attached hydrogen (secondary N) is 1. The van der Waals surface area contributed by atoms with Crippen molar-refractivity contribution in [3.05, 3.63) is 47.1 Å². The number of benzene rings is 1. The minimum Gasteiger partial charge on any atom is -0.423 e. The summed E-state index contributed by atoms with van der Waals surface area (Å²) in [6.45, 7) is 2.07. The maximum absolute atomic E-state index is 12.4. The van der Waals surface area contributed by atoms with Crippen molar-refractivity contribution in [2.75, 3.05) is 30.8 Å². The van der Waals surface area contributed by atoms with Gasteiger partial charge in [-0.1, -0.05) is 11.6 Å². The van der Waals surface area contributed by atoms with Gasteiger partial charge in [-0.05, 0) is 49.1 Å². The number of nitrogens with zero attached hydrogens (tertiary/aromatic N) is 3. The summed E-state index contributed by atoms with van der Waals surface area (Å²) in [4.78, 5) is 22.8. The zero-order valence-electron chi connectivity index (χ0n) is 16.3. The lowest BCUT2D eigenvalue weighted by Crippen LogP contribution is -2.38. The van der Waals surface area contributed by atoms with Crippen molar-refractivity contribution < 1.29 is 17.6 Å². The van der Waals surface area contributed by atoms with E-state index >= 15 is 0 Å². The summed E-state index contributed by atoms with van der Waals surface area (Å²) in [6, 6.07) is 8.75.